The summed E-state index contributed by atoms with van der Waals surface area (Å²) in [6.45, 7) is 0. The molecule has 1 saturated heterocycles. The monoisotopic (exact) mass is 289 g/mol. The predicted octanol–water partition coefficient (Wildman–Crippen LogP) is 1.91. The minimum absolute atomic E-state index is 0.190. The summed E-state index contributed by atoms with van der Waals surface area (Å²) >= 11 is 0. The largest absolute Gasteiger partial charge is 0.507 e. The molecule has 1 aromatic carbocycles. The van der Waals surface area contributed by atoms with Gasteiger partial charge in [-0.05, 0) is 31.0 Å². The van der Waals surface area contributed by atoms with Crippen molar-refractivity contribution < 1.29 is 24.6 Å². The first-order chi connectivity index (χ1) is 9.94. The summed E-state index contributed by atoms with van der Waals surface area (Å²) < 4.78 is 0. The maximum Gasteiger partial charge on any atom is 0.339 e. The molecule has 2 aliphatic rings. The molecular formula is C15H15NO5. The van der Waals surface area contributed by atoms with Crippen LogP contribution in [0.3, 0.4) is 0 Å². The van der Waals surface area contributed by atoms with E-state index in [0.29, 0.717) is 12.8 Å². The highest BCUT2D eigenvalue weighted by Crippen LogP contribution is 2.48. The Balaban J connectivity index is 2.01. The van der Waals surface area contributed by atoms with Gasteiger partial charge in [0.05, 0.1) is 11.1 Å². The predicted molar refractivity (Wildman–Crippen MR) is 73.1 cm³/mol. The first-order valence-electron chi connectivity index (χ1n) is 6.88. The average Bonchev–Trinajstić information content (AvgIpc) is 2.98. The van der Waals surface area contributed by atoms with Crippen molar-refractivity contribution in [1.29, 1.82) is 0 Å². The molecule has 2 N–H and O–H groups in total. The van der Waals surface area contributed by atoms with Crippen molar-refractivity contribution in [2.75, 3.05) is 4.90 Å². The third-order valence-corrected chi connectivity index (χ3v) is 4.43. The Morgan fingerprint density at radius 1 is 1.19 bits per heavy atom. The molecule has 6 nitrogen and oxygen atoms in total. The third-order valence-electron chi connectivity index (χ3n) is 4.43. The number of amides is 2. The number of aromatic hydroxyl groups is 1. The van der Waals surface area contributed by atoms with Gasteiger partial charge in [0.1, 0.15) is 11.3 Å². The van der Waals surface area contributed by atoms with Crippen LogP contribution in [0.1, 0.15) is 42.5 Å². The van der Waals surface area contributed by atoms with Crippen molar-refractivity contribution in [2.24, 2.45) is 5.41 Å². The van der Waals surface area contributed by atoms with Crippen molar-refractivity contribution in [1.82, 2.24) is 0 Å². The number of rotatable bonds is 2. The van der Waals surface area contributed by atoms with E-state index < -0.39 is 11.4 Å². The van der Waals surface area contributed by atoms with E-state index in [4.69, 9.17) is 5.11 Å². The molecule has 1 aliphatic heterocycles. The molecular weight excluding hydrogens is 274 g/mol. The van der Waals surface area contributed by atoms with Crippen LogP contribution in [0.4, 0.5) is 5.69 Å². The molecule has 0 radical (unpaired) electrons. The highest BCUT2D eigenvalue weighted by atomic mass is 16.4. The van der Waals surface area contributed by atoms with Crippen LogP contribution < -0.4 is 4.90 Å². The van der Waals surface area contributed by atoms with Gasteiger partial charge in [0.25, 0.3) is 0 Å². The van der Waals surface area contributed by atoms with Crippen LogP contribution in [0.5, 0.6) is 5.75 Å². The lowest BCUT2D eigenvalue weighted by molar-refractivity contribution is -0.125. The van der Waals surface area contributed by atoms with E-state index in [9.17, 15) is 19.5 Å². The minimum Gasteiger partial charge on any atom is -0.507 e. The lowest BCUT2D eigenvalue weighted by Gasteiger charge is -2.21. The number of phenols is 1. The Morgan fingerprint density at radius 2 is 1.86 bits per heavy atom. The first-order valence-corrected chi connectivity index (χ1v) is 6.88. The Bertz CT molecular complexity index is 645. The fourth-order valence-electron chi connectivity index (χ4n) is 3.33. The summed E-state index contributed by atoms with van der Waals surface area (Å²) in [6.07, 6.45) is 3.47. The van der Waals surface area contributed by atoms with Crippen LogP contribution >= 0.6 is 0 Å². The van der Waals surface area contributed by atoms with Crippen molar-refractivity contribution >= 4 is 23.5 Å². The average molecular weight is 289 g/mol. The van der Waals surface area contributed by atoms with Gasteiger partial charge >= 0.3 is 5.97 Å². The Morgan fingerprint density at radius 3 is 2.48 bits per heavy atom. The number of carboxylic acid groups (broad SMARTS) is 1. The van der Waals surface area contributed by atoms with E-state index >= 15 is 0 Å². The molecule has 0 bridgehead atoms. The SMILES string of the molecule is O=C(O)c1cc(N2C(=O)CC3(CCCC3)C2=O)ccc1O. The number of hydrogen-bond donors (Lipinski definition) is 2. The number of hydrogen-bond acceptors (Lipinski definition) is 4. The summed E-state index contributed by atoms with van der Waals surface area (Å²) in [7, 11) is 0. The standard InChI is InChI=1S/C15H15NO5/c17-11-4-3-9(7-10(11)13(19)20)16-12(18)8-15(14(16)21)5-1-2-6-15/h3-4,7,17H,1-2,5-6,8H2,(H,19,20). The molecule has 3 rings (SSSR count). The van der Waals surface area contributed by atoms with Crippen molar-refractivity contribution in [3.05, 3.63) is 23.8 Å². The molecule has 110 valence electrons. The minimum atomic E-state index is -1.30. The van der Waals surface area contributed by atoms with Gasteiger partial charge in [-0.15, -0.1) is 0 Å². The summed E-state index contributed by atoms with van der Waals surface area (Å²) in [4.78, 5) is 36.9. The quantitative estimate of drug-likeness (QED) is 0.811. The van der Waals surface area contributed by atoms with Gasteiger partial charge in [0.2, 0.25) is 11.8 Å². The molecule has 1 heterocycles. The second-order valence-corrected chi connectivity index (χ2v) is 5.71. The van der Waals surface area contributed by atoms with Crippen LogP contribution in [0.2, 0.25) is 0 Å². The molecule has 6 heteroatoms. The number of anilines is 1. The zero-order chi connectivity index (χ0) is 15.2. The van der Waals surface area contributed by atoms with Gasteiger partial charge in [0, 0.05) is 6.42 Å². The molecule has 0 aromatic heterocycles. The number of benzene rings is 1. The lowest BCUT2D eigenvalue weighted by atomic mass is 9.84. The molecule has 1 aliphatic carbocycles. The van der Waals surface area contributed by atoms with Gasteiger partial charge in [-0.25, -0.2) is 4.79 Å². The zero-order valence-corrected chi connectivity index (χ0v) is 11.3. The van der Waals surface area contributed by atoms with Gasteiger partial charge in [-0.2, -0.15) is 0 Å². The van der Waals surface area contributed by atoms with Gasteiger partial charge in [-0.3, -0.25) is 14.5 Å². The van der Waals surface area contributed by atoms with E-state index in [2.05, 4.69) is 0 Å². The topological polar surface area (TPSA) is 94.9 Å². The van der Waals surface area contributed by atoms with Gasteiger partial charge in [0.15, 0.2) is 0 Å². The van der Waals surface area contributed by atoms with Crippen LogP contribution in [0.15, 0.2) is 18.2 Å². The maximum atomic E-state index is 12.6. The lowest BCUT2D eigenvalue weighted by Crippen LogP contribution is -2.34. The highest BCUT2D eigenvalue weighted by Gasteiger charge is 2.53. The molecule has 21 heavy (non-hydrogen) atoms. The summed E-state index contributed by atoms with van der Waals surface area (Å²) in [6, 6.07) is 3.76. The molecule has 1 spiro atoms. The van der Waals surface area contributed by atoms with Crippen molar-refractivity contribution in [3.8, 4) is 5.75 Å². The zero-order valence-electron chi connectivity index (χ0n) is 11.3. The van der Waals surface area contributed by atoms with E-state index in [1.807, 2.05) is 0 Å². The summed E-state index contributed by atoms with van der Waals surface area (Å²) in [5.41, 5.74) is -0.706. The number of nitrogens with zero attached hydrogens (tertiary/aromatic N) is 1. The molecule has 0 atom stereocenters. The van der Waals surface area contributed by atoms with E-state index in [-0.39, 0.29) is 35.2 Å². The number of carboxylic acids is 1. The van der Waals surface area contributed by atoms with Crippen LogP contribution in [-0.4, -0.2) is 28.0 Å². The normalized spacial score (nSPS) is 20.5. The third kappa shape index (κ3) is 1.98. The second-order valence-electron chi connectivity index (χ2n) is 5.71. The Hall–Kier alpha value is -2.37. The molecule has 1 aromatic rings. The fourth-order valence-corrected chi connectivity index (χ4v) is 3.33. The van der Waals surface area contributed by atoms with Crippen LogP contribution in [0.25, 0.3) is 0 Å². The molecule has 0 unspecified atom stereocenters. The Kier molecular flexibility index (Phi) is 2.97. The molecule has 2 fully saturated rings. The fraction of sp³-hybridized carbons (Fsp3) is 0.400. The number of aromatic carboxylic acids is 1. The number of imide groups is 1. The van der Waals surface area contributed by atoms with Gasteiger partial charge < -0.3 is 10.2 Å². The van der Waals surface area contributed by atoms with E-state index in [1.54, 1.807) is 0 Å². The summed E-state index contributed by atoms with van der Waals surface area (Å²) in [5.74, 6) is -2.24. The van der Waals surface area contributed by atoms with E-state index in [1.165, 1.54) is 18.2 Å². The van der Waals surface area contributed by atoms with Crippen molar-refractivity contribution in [2.45, 2.75) is 32.1 Å². The smallest absolute Gasteiger partial charge is 0.339 e. The van der Waals surface area contributed by atoms with Crippen LogP contribution in [-0.2, 0) is 9.59 Å². The van der Waals surface area contributed by atoms with Crippen LogP contribution in [0, 0.1) is 5.41 Å². The molecule has 1 saturated carbocycles. The van der Waals surface area contributed by atoms with Gasteiger partial charge in [-0.1, -0.05) is 12.8 Å². The first kappa shape index (κ1) is 13.6. The second kappa shape index (κ2) is 4.58. The highest BCUT2D eigenvalue weighted by molar-refractivity contribution is 6.22. The Labute approximate surface area is 121 Å². The summed E-state index contributed by atoms with van der Waals surface area (Å²) in [5, 5.41) is 18.5. The van der Waals surface area contributed by atoms with E-state index in [0.717, 1.165) is 17.7 Å². The molecule has 2 amide bonds. The van der Waals surface area contributed by atoms with Crippen molar-refractivity contribution in [3.63, 3.8) is 0 Å². The maximum absolute atomic E-state index is 12.6. The number of carbonyl (C=O) groups excluding carboxylic acids is 2. The number of carbonyl (C=O) groups is 3.